The van der Waals surface area contributed by atoms with E-state index in [1.807, 2.05) is 6.92 Å². The fourth-order valence-electron chi connectivity index (χ4n) is 15.0. The van der Waals surface area contributed by atoms with Gasteiger partial charge >= 0.3 is 0 Å². The van der Waals surface area contributed by atoms with E-state index in [4.69, 9.17) is 4.74 Å². The Labute approximate surface area is 306 Å². The molecule has 6 rings (SSSR count). The summed E-state index contributed by atoms with van der Waals surface area (Å²) < 4.78 is 6.23. The van der Waals surface area contributed by atoms with Crippen LogP contribution in [0.15, 0.2) is 0 Å². The lowest BCUT2D eigenvalue weighted by molar-refractivity contribution is -0.280. The summed E-state index contributed by atoms with van der Waals surface area (Å²) in [5, 5.41) is 50.2. The number of hydrogen-bond donors (Lipinski definition) is 5. The molecule has 0 aromatic rings. The topological polar surface area (TPSA) is 102 Å². The fourth-order valence-corrected chi connectivity index (χ4v) is 15.0. The molecule has 0 aromatic heterocycles. The Morgan fingerprint density at radius 3 is 2.04 bits per heavy atom. The summed E-state index contributed by atoms with van der Waals surface area (Å²) in [5.74, 6) is 3.87. The van der Waals surface area contributed by atoms with Gasteiger partial charge in [-0.25, -0.2) is 0 Å². The SMILES string of the molecule is CC(O)C1C(C)C[C@]2(C)C[C@]3(C)CC4C(C5CCC(NC(O)CC6CCC(OC(C)(C)C)CC6)CC5)CCC(C)C4C(O)C3C(C)[C@]2(C)C1O. The maximum Gasteiger partial charge on any atom is 0.105 e. The van der Waals surface area contributed by atoms with E-state index in [2.05, 4.69) is 67.6 Å². The van der Waals surface area contributed by atoms with Gasteiger partial charge in [-0.3, -0.25) is 5.32 Å². The van der Waals surface area contributed by atoms with Gasteiger partial charge in [0.2, 0.25) is 0 Å². The Balaban J connectivity index is 1.09. The monoisotopic (exact) mass is 702 g/mol. The van der Waals surface area contributed by atoms with Gasteiger partial charge in [-0.15, -0.1) is 0 Å². The van der Waals surface area contributed by atoms with Crippen molar-refractivity contribution in [2.45, 2.75) is 201 Å². The molecular weight excluding hydrogens is 622 g/mol. The van der Waals surface area contributed by atoms with Crippen molar-refractivity contribution >= 4 is 0 Å². The van der Waals surface area contributed by atoms with E-state index in [-0.39, 0.29) is 51.6 Å². The highest BCUT2D eigenvalue weighted by molar-refractivity contribution is 5.18. The predicted octanol–water partition coefficient (Wildman–Crippen LogP) is 8.33. The van der Waals surface area contributed by atoms with E-state index < -0.39 is 18.4 Å². The van der Waals surface area contributed by atoms with Crippen LogP contribution in [0.25, 0.3) is 0 Å². The second-order valence-electron chi connectivity index (χ2n) is 21.5. The van der Waals surface area contributed by atoms with Gasteiger partial charge in [0.25, 0.3) is 0 Å². The summed E-state index contributed by atoms with van der Waals surface area (Å²) in [6, 6.07) is 0.404. The van der Waals surface area contributed by atoms with Gasteiger partial charge in [0.15, 0.2) is 0 Å². The van der Waals surface area contributed by atoms with Crippen LogP contribution >= 0.6 is 0 Å². The van der Waals surface area contributed by atoms with Crippen LogP contribution in [-0.2, 0) is 4.74 Å². The maximum atomic E-state index is 12.6. The standard InChI is InChI=1S/C44H79NO5/c1-25-11-20-33(30-14-16-31(17-15-30)45-35(47)21-29-12-18-32(19-13-29)50-41(5,6)7)34-23-42(8)24-43(9)22-26(2)36(28(4)46)40(49)44(43,10)27(3)38(42)39(48)37(25)34/h25-40,45-49H,11-24H2,1-10H3/t25?,26?,27?,28?,29?,30?,31?,32?,33?,34?,35?,36?,37?,38?,39?,40?,42-,43+,44+/m0/s1. The highest BCUT2D eigenvalue weighted by Gasteiger charge is 2.70. The Kier molecular flexibility index (Phi) is 11.4. The van der Waals surface area contributed by atoms with Gasteiger partial charge in [-0.2, -0.15) is 0 Å². The quantitative estimate of drug-likeness (QED) is 0.171. The molecule has 0 bridgehead atoms. The van der Waals surface area contributed by atoms with Crippen molar-refractivity contribution in [2.24, 2.45) is 75.4 Å². The van der Waals surface area contributed by atoms with Crippen molar-refractivity contribution < 1.29 is 25.2 Å². The average molecular weight is 702 g/mol. The molecular formula is C44H79NO5. The van der Waals surface area contributed by atoms with Crippen molar-refractivity contribution in [2.75, 3.05) is 0 Å². The minimum atomic E-state index is -0.567. The largest absolute Gasteiger partial charge is 0.393 e. The zero-order valence-corrected chi connectivity index (χ0v) is 33.8. The second-order valence-corrected chi connectivity index (χ2v) is 21.5. The summed E-state index contributed by atoms with van der Waals surface area (Å²) in [6.45, 7) is 22.6. The number of ether oxygens (including phenoxy) is 1. The minimum absolute atomic E-state index is 0.0334. The van der Waals surface area contributed by atoms with Crippen LogP contribution in [0.1, 0.15) is 159 Å². The molecule has 0 amide bonds. The number of nitrogens with one attached hydrogen (secondary N) is 1. The number of aliphatic hydroxyl groups excluding tert-OH is 4. The first-order valence-electron chi connectivity index (χ1n) is 21.4. The molecule has 0 spiro atoms. The van der Waals surface area contributed by atoms with E-state index in [9.17, 15) is 20.4 Å². The molecule has 0 radical (unpaired) electrons. The minimum Gasteiger partial charge on any atom is -0.393 e. The van der Waals surface area contributed by atoms with E-state index in [0.29, 0.717) is 47.7 Å². The summed E-state index contributed by atoms with van der Waals surface area (Å²) in [6.07, 6.45) is 14.4. The lowest BCUT2D eigenvalue weighted by Gasteiger charge is -2.72. The second kappa shape index (κ2) is 14.4. The van der Waals surface area contributed by atoms with E-state index in [1.165, 1.54) is 32.1 Å². The van der Waals surface area contributed by atoms with Gasteiger partial charge in [0.05, 0.1) is 30.0 Å². The van der Waals surface area contributed by atoms with Gasteiger partial charge in [0, 0.05) is 17.4 Å². The molecule has 12 unspecified atom stereocenters. The van der Waals surface area contributed by atoms with Gasteiger partial charge in [0.1, 0.15) is 6.23 Å². The molecule has 5 N–H and O–H groups in total. The lowest BCUT2D eigenvalue weighted by Crippen LogP contribution is -2.70. The molecule has 0 aliphatic heterocycles. The zero-order valence-electron chi connectivity index (χ0n) is 33.8. The Hall–Kier alpha value is -0.240. The molecule has 6 heteroatoms. The molecule has 6 fully saturated rings. The Morgan fingerprint density at radius 2 is 1.44 bits per heavy atom. The van der Waals surface area contributed by atoms with Crippen molar-refractivity contribution in [1.82, 2.24) is 5.32 Å². The first kappa shape index (κ1) is 39.5. The third-order valence-electron chi connectivity index (χ3n) is 17.1. The molecule has 0 heterocycles. The summed E-state index contributed by atoms with van der Waals surface area (Å²) in [5.41, 5.74) is -0.411. The van der Waals surface area contributed by atoms with Crippen molar-refractivity contribution in [3.05, 3.63) is 0 Å². The van der Waals surface area contributed by atoms with Crippen LogP contribution in [0, 0.1) is 75.4 Å². The van der Waals surface area contributed by atoms with Gasteiger partial charge in [-0.05, 0) is 175 Å². The van der Waals surface area contributed by atoms with E-state index in [0.717, 1.165) is 57.8 Å². The molecule has 290 valence electrons. The highest BCUT2D eigenvalue weighted by atomic mass is 16.5. The van der Waals surface area contributed by atoms with Crippen LogP contribution in [0.5, 0.6) is 0 Å². The molecule has 6 nitrogen and oxygen atoms in total. The molecule has 6 saturated carbocycles. The van der Waals surface area contributed by atoms with E-state index in [1.54, 1.807) is 0 Å². The van der Waals surface area contributed by atoms with Crippen LogP contribution in [0.3, 0.4) is 0 Å². The first-order valence-corrected chi connectivity index (χ1v) is 21.4. The molecule has 50 heavy (non-hydrogen) atoms. The van der Waals surface area contributed by atoms with Crippen molar-refractivity contribution in [3.8, 4) is 0 Å². The first-order chi connectivity index (χ1) is 23.3. The highest BCUT2D eigenvalue weighted by Crippen LogP contribution is 2.73. The molecule has 0 saturated heterocycles. The predicted molar refractivity (Wildman–Crippen MR) is 202 cm³/mol. The summed E-state index contributed by atoms with van der Waals surface area (Å²) in [4.78, 5) is 0. The normalized spacial score (nSPS) is 52.7. The summed E-state index contributed by atoms with van der Waals surface area (Å²) >= 11 is 0. The molecule has 6 aliphatic rings. The smallest absolute Gasteiger partial charge is 0.105 e. The lowest BCUT2D eigenvalue weighted by atomic mass is 9.34. The van der Waals surface area contributed by atoms with Crippen LogP contribution in [0.4, 0.5) is 0 Å². The van der Waals surface area contributed by atoms with Gasteiger partial charge < -0.3 is 25.2 Å². The fraction of sp³-hybridized carbons (Fsp3) is 1.00. The molecule has 15 atom stereocenters. The number of hydrogen-bond acceptors (Lipinski definition) is 6. The summed E-state index contributed by atoms with van der Waals surface area (Å²) in [7, 11) is 0. The van der Waals surface area contributed by atoms with Crippen LogP contribution < -0.4 is 5.32 Å². The van der Waals surface area contributed by atoms with E-state index >= 15 is 0 Å². The average Bonchev–Trinajstić information content (AvgIpc) is 2.99. The van der Waals surface area contributed by atoms with Crippen LogP contribution in [0.2, 0.25) is 0 Å². The third-order valence-corrected chi connectivity index (χ3v) is 17.1. The number of fused-ring (bicyclic) bond motifs is 3. The molecule has 6 aliphatic carbocycles. The van der Waals surface area contributed by atoms with Crippen molar-refractivity contribution in [1.29, 1.82) is 0 Å². The van der Waals surface area contributed by atoms with Crippen LogP contribution in [-0.4, -0.2) is 62.7 Å². The Bertz CT molecular complexity index is 1140. The van der Waals surface area contributed by atoms with Gasteiger partial charge in [-0.1, -0.05) is 48.0 Å². The maximum absolute atomic E-state index is 12.6. The number of rotatable bonds is 7. The Morgan fingerprint density at radius 1 is 0.800 bits per heavy atom. The molecule has 0 aromatic carbocycles. The van der Waals surface area contributed by atoms with Crippen molar-refractivity contribution in [3.63, 3.8) is 0 Å². The third kappa shape index (κ3) is 7.16. The number of aliphatic hydroxyl groups is 4. The zero-order chi connectivity index (χ0) is 36.6.